The molecule has 1 aromatic heterocycles. The molecule has 0 aliphatic carbocycles. The molecule has 0 fully saturated rings. The molecule has 0 spiro atoms. The van der Waals surface area contributed by atoms with Crippen molar-refractivity contribution in [2.45, 2.75) is 12.5 Å². The number of hydrogen-bond donors (Lipinski definition) is 1. The highest BCUT2D eigenvalue weighted by Gasteiger charge is 2.26. The lowest BCUT2D eigenvalue weighted by Crippen LogP contribution is -2.12. The van der Waals surface area contributed by atoms with E-state index in [-0.39, 0.29) is 11.6 Å². The van der Waals surface area contributed by atoms with Gasteiger partial charge in [0.1, 0.15) is 22.9 Å². The lowest BCUT2D eigenvalue weighted by molar-refractivity contribution is 0.535. The summed E-state index contributed by atoms with van der Waals surface area (Å²) in [5, 5.41) is 5.20. The summed E-state index contributed by atoms with van der Waals surface area (Å²) < 4.78 is 32.9. The number of hydrazone groups is 1. The van der Waals surface area contributed by atoms with Crippen LogP contribution in [0.4, 0.5) is 8.78 Å². The Bertz CT molecular complexity index is 852. The second-order valence-corrected chi connectivity index (χ2v) is 5.26. The summed E-state index contributed by atoms with van der Waals surface area (Å²) in [7, 11) is 0. The Morgan fingerprint density at radius 3 is 2.82 bits per heavy atom. The van der Waals surface area contributed by atoms with E-state index in [4.69, 9.17) is 4.42 Å². The quantitative estimate of drug-likeness (QED) is 0.771. The van der Waals surface area contributed by atoms with Crippen molar-refractivity contribution in [1.82, 2.24) is 5.43 Å². The van der Waals surface area contributed by atoms with Crippen LogP contribution in [-0.2, 0) is 0 Å². The molecule has 1 unspecified atom stereocenters. The number of benzene rings is 2. The molecule has 1 atom stereocenters. The van der Waals surface area contributed by atoms with Gasteiger partial charge in [-0.1, -0.05) is 18.2 Å². The molecule has 1 N–H and O–H groups in total. The number of fused-ring (bicyclic) bond motifs is 1. The topological polar surface area (TPSA) is 37.5 Å². The van der Waals surface area contributed by atoms with E-state index in [0.717, 1.165) is 23.1 Å². The fourth-order valence-electron chi connectivity index (χ4n) is 2.68. The van der Waals surface area contributed by atoms with Crippen LogP contribution in [-0.4, -0.2) is 5.71 Å². The lowest BCUT2D eigenvalue weighted by Gasteiger charge is -2.10. The van der Waals surface area contributed by atoms with E-state index in [0.29, 0.717) is 17.9 Å². The summed E-state index contributed by atoms with van der Waals surface area (Å²) in [6.07, 6.45) is 0.445. The molecule has 3 aromatic rings. The highest BCUT2D eigenvalue weighted by molar-refractivity contribution is 6.02. The predicted molar refractivity (Wildman–Crippen MR) is 79.6 cm³/mol. The molecular formula is C17H12F2N2O. The van der Waals surface area contributed by atoms with Crippen LogP contribution in [0.25, 0.3) is 11.0 Å². The monoisotopic (exact) mass is 298 g/mol. The van der Waals surface area contributed by atoms with Crippen molar-refractivity contribution < 1.29 is 13.2 Å². The molecular weight excluding hydrogens is 286 g/mol. The first kappa shape index (κ1) is 13.0. The minimum Gasteiger partial charge on any atom is -0.455 e. The van der Waals surface area contributed by atoms with Gasteiger partial charge in [-0.15, -0.1) is 0 Å². The van der Waals surface area contributed by atoms with E-state index in [9.17, 15) is 8.78 Å². The number of halogens is 2. The third-order valence-electron chi connectivity index (χ3n) is 3.80. The summed E-state index contributed by atoms with van der Waals surface area (Å²) in [4.78, 5) is 0. The Kier molecular flexibility index (Phi) is 2.92. The standard InChI is InChI=1S/C17H12F2N2O/c18-11-5-6-13(19)12(8-11)14-9-15(21-20-14)17-7-10-3-1-2-4-16(10)22-17/h1-8,14,20H,9H2. The third-order valence-corrected chi connectivity index (χ3v) is 3.80. The van der Waals surface area contributed by atoms with Crippen LogP contribution in [0.5, 0.6) is 0 Å². The van der Waals surface area contributed by atoms with Crippen LogP contribution in [0.1, 0.15) is 23.8 Å². The summed E-state index contributed by atoms with van der Waals surface area (Å²) in [5.41, 5.74) is 4.61. The van der Waals surface area contributed by atoms with Crippen molar-refractivity contribution in [2.75, 3.05) is 0 Å². The van der Waals surface area contributed by atoms with Gasteiger partial charge >= 0.3 is 0 Å². The van der Waals surface area contributed by atoms with Crippen LogP contribution in [0.2, 0.25) is 0 Å². The molecule has 0 saturated heterocycles. The van der Waals surface area contributed by atoms with Gasteiger partial charge in [0.05, 0.1) is 6.04 Å². The second kappa shape index (κ2) is 4.94. The minimum atomic E-state index is -0.463. The molecule has 0 amide bonds. The van der Waals surface area contributed by atoms with Crippen molar-refractivity contribution in [2.24, 2.45) is 5.10 Å². The molecule has 5 heteroatoms. The molecule has 2 heterocycles. The van der Waals surface area contributed by atoms with Gasteiger partial charge in [0.25, 0.3) is 0 Å². The summed E-state index contributed by atoms with van der Waals surface area (Å²) in [5.74, 6) is -0.261. The average molecular weight is 298 g/mol. The van der Waals surface area contributed by atoms with Crippen molar-refractivity contribution in [3.05, 3.63) is 71.5 Å². The number of rotatable bonds is 2. The van der Waals surface area contributed by atoms with Crippen LogP contribution in [0.15, 0.2) is 58.0 Å². The Labute approximate surface area is 125 Å². The minimum absolute atomic E-state index is 0.273. The molecule has 4 rings (SSSR count). The van der Waals surface area contributed by atoms with Gasteiger partial charge in [-0.2, -0.15) is 5.10 Å². The number of nitrogens with one attached hydrogen (secondary N) is 1. The number of para-hydroxylation sites is 1. The Morgan fingerprint density at radius 2 is 1.95 bits per heavy atom. The van der Waals surface area contributed by atoms with E-state index < -0.39 is 11.6 Å². The fourth-order valence-corrected chi connectivity index (χ4v) is 2.68. The molecule has 0 radical (unpaired) electrons. The van der Waals surface area contributed by atoms with E-state index in [1.54, 1.807) is 0 Å². The second-order valence-electron chi connectivity index (χ2n) is 5.26. The predicted octanol–water partition coefficient (Wildman–Crippen LogP) is 4.15. The highest BCUT2D eigenvalue weighted by Crippen LogP contribution is 2.29. The van der Waals surface area contributed by atoms with Gasteiger partial charge in [-0.25, -0.2) is 8.78 Å². The zero-order valence-electron chi connectivity index (χ0n) is 11.5. The van der Waals surface area contributed by atoms with Crippen molar-refractivity contribution in [3.8, 4) is 0 Å². The zero-order chi connectivity index (χ0) is 15.1. The maximum absolute atomic E-state index is 13.8. The lowest BCUT2D eigenvalue weighted by atomic mass is 10.0. The van der Waals surface area contributed by atoms with Gasteiger partial charge < -0.3 is 9.84 Å². The van der Waals surface area contributed by atoms with Gasteiger partial charge in [0, 0.05) is 17.4 Å². The molecule has 22 heavy (non-hydrogen) atoms. The Morgan fingerprint density at radius 1 is 1.09 bits per heavy atom. The molecule has 1 aliphatic heterocycles. The molecule has 110 valence electrons. The number of furan rings is 1. The van der Waals surface area contributed by atoms with E-state index in [2.05, 4.69) is 10.5 Å². The maximum Gasteiger partial charge on any atom is 0.151 e. The van der Waals surface area contributed by atoms with Gasteiger partial charge in [-0.3, -0.25) is 0 Å². The average Bonchev–Trinajstić information content (AvgIpc) is 3.15. The van der Waals surface area contributed by atoms with E-state index in [1.165, 1.54) is 6.07 Å². The third kappa shape index (κ3) is 2.15. The molecule has 3 nitrogen and oxygen atoms in total. The van der Waals surface area contributed by atoms with Crippen molar-refractivity contribution in [3.63, 3.8) is 0 Å². The van der Waals surface area contributed by atoms with Crippen molar-refractivity contribution in [1.29, 1.82) is 0 Å². The smallest absolute Gasteiger partial charge is 0.151 e. The van der Waals surface area contributed by atoms with Crippen LogP contribution in [0, 0.1) is 11.6 Å². The molecule has 1 aliphatic rings. The van der Waals surface area contributed by atoms with Crippen LogP contribution < -0.4 is 5.43 Å². The number of nitrogens with zero attached hydrogens (tertiary/aromatic N) is 1. The Hall–Kier alpha value is -2.69. The van der Waals surface area contributed by atoms with E-state index >= 15 is 0 Å². The summed E-state index contributed by atoms with van der Waals surface area (Å²) in [6, 6.07) is 12.6. The maximum atomic E-state index is 13.8. The first-order valence-corrected chi connectivity index (χ1v) is 6.97. The SMILES string of the molecule is Fc1ccc(F)c(C2CC(c3cc4ccccc4o3)=NN2)c1. The van der Waals surface area contributed by atoms with Gasteiger partial charge in [-0.05, 0) is 30.3 Å². The summed E-state index contributed by atoms with van der Waals surface area (Å²) >= 11 is 0. The van der Waals surface area contributed by atoms with E-state index in [1.807, 2.05) is 30.3 Å². The number of hydrogen-bond acceptors (Lipinski definition) is 3. The van der Waals surface area contributed by atoms with Gasteiger partial charge in [0.15, 0.2) is 5.76 Å². The largest absolute Gasteiger partial charge is 0.455 e. The zero-order valence-corrected chi connectivity index (χ0v) is 11.5. The molecule has 0 bridgehead atoms. The molecule has 0 saturated carbocycles. The first-order chi connectivity index (χ1) is 10.7. The van der Waals surface area contributed by atoms with Crippen molar-refractivity contribution >= 4 is 16.7 Å². The Balaban J connectivity index is 1.62. The molecule has 2 aromatic carbocycles. The fraction of sp³-hybridized carbons (Fsp3) is 0.118. The normalized spacial score (nSPS) is 17.5. The van der Waals surface area contributed by atoms with Gasteiger partial charge in [0.2, 0.25) is 0 Å². The highest BCUT2D eigenvalue weighted by atomic mass is 19.1. The summed E-state index contributed by atoms with van der Waals surface area (Å²) in [6.45, 7) is 0. The van der Waals surface area contributed by atoms with Crippen LogP contribution >= 0.6 is 0 Å². The van der Waals surface area contributed by atoms with Crippen LogP contribution in [0.3, 0.4) is 0 Å². The first-order valence-electron chi connectivity index (χ1n) is 6.97.